The Morgan fingerprint density at radius 2 is 1.58 bits per heavy atom. The summed E-state index contributed by atoms with van der Waals surface area (Å²) in [4.78, 5) is 30.6. The summed E-state index contributed by atoms with van der Waals surface area (Å²) < 4.78 is 0. The highest BCUT2D eigenvalue weighted by Crippen LogP contribution is 2.15. The summed E-state index contributed by atoms with van der Waals surface area (Å²) in [5, 5.41) is 7.60. The molecule has 0 unspecified atom stereocenters. The summed E-state index contributed by atoms with van der Waals surface area (Å²) >= 11 is 0. The highest BCUT2D eigenvalue weighted by atomic mass is 16.2. The molecule has 0 fully saturated rings. The van der Waals surface area contributed by atoms with Crippen LogP contribution < -0.4 is 10.6 Å². The quantitative estimate of drug-likeness (QED) is 0.419. The number of hydrogen-bond acceptors (Lipinski definition) is 2. The number of H-pyrrole nitrogens is 2. The van der Waals surface area contributed by atoms with Crippen molar-refractivity contribution in [2.45, 2.75) is 0 Å². The monoisotopic (exact) mass is 346 g/mol. The van der Waals surface area contributed by atoms with Crippen LogP contribution in [0.3, 0.4) is 0 Å². The Balaban J connectivity index is 1.30. The molecule has 2 aromatic heterocycles. The van der Waals surface area contributed by atoms with Gasteiger partial charge in [-0.3, -0.25) is 9.59 Å². The van der Waals surface area contributed by atoms with E-state index in [-0.39, 0.29) is 11.8 Å². The summed E-state index contributed by atoms with van der Waals surface area (Å²) in [5.41, 5.74) is 3.02. The lowest BCUT2D eigenvalue weighted by Gasteiger charge is -2.07. The summed E-state index contributed by atoms with van der Waals surface area (Å²) in [6.07, 6.45) is 1.84. The number of aromatic nitrogens is 2. The van der Waals surface area contributed by atoms with Gasteiger partial charge in [0.05, 0.1) is 0 Å². The number of carbonyl (C=O) groups excluding carboxylic acids is 2. The number of aromatic amines is 2. The van der Waals surface area contributed by atoms with E-state index >= 15 is 0 Å². The zero-order chi connectivity index (χ0) is 17.9. The predicted molar refractivity (Wildman–Crippen MR) is 101 cm³/mol. The minimum Gasteiger partial charge on any atom is -0.361 e. The van der Waals surface area contributed by atoms with E-state index in [2.05, 4.69) is 20.6 Å². The molecule has 4 rings (SSSR count). The standard InChI is InChI=1S/C20H18N4O2/c25-19(15-5-6-16-14(11-15)7-8-21-16)22-9-10-23-20(26)18-12-13-3-1-2-4-17(13)24-18/h1-8,11-12,21,24H,9-10H2,(H,22,25)(H,23,26). The van der Waals surface area contributed by atoms with Crippen LogP contribution in [-0.2, 0) is 0 Å². The molecule has 0 aliphatic heterocycles. The first-order valence-electron chi connectivity index (χ1n) is 8.42. The van der Waals surface area contributed by atoms with Crippen molar-refractivity contribution in [1.82, 2.24) is 20.6 Å². The Hall–Kier alpha value is -3.54. The van der Waals surface area contributed by atoms with Crippen molar-refractivity contribution in [1.29, 1.82) is 0 Å². The SMILES string of the molecule is O=C(NCCNC(=O)c1cc2ccccc2[nH]1)c1ccc2[nH]ccc2c1. The molecule has 0 aliphatic rings. The molecular weight excluding hydrogens is 328 g/mol. The van der Waals surface area contributed by atoms with Crippen molar-refractivity contribution in [2.75, 3.05) is 13.1 Å². The van der Waals surface area contributed by atoms with Gasteiger partial charge in [-0.05, 0) is 36.4 Å². The number of hydrogen-bond donors (Lipinski definition) is 4. The summed E-state index contributed by atoms with van der Waals surface area (Å²) in [6.45, 7) is 0.711. The van der Waals surface area contributed by atoms with E-state index in [1.165, 1.54) is 0 Å². The first-order valence-corrected chi connectivity index (χ1v) is 8.42. The molecular formula is C20H18N4O2. The molecule has 4 aromatic rings. The molecule has 6 nitrogen and oxygen atoms in total. The Bertz CT molecular complexity index is 1040. The topological polar surface area (TPSA) is 89.8 Å². The van der Waals surface area contributed by atoms with Crippen LogP contribution in [-0.4, -0.2) is 34.9 Å². The predicted octanol–water partition coefficient (Wildman–Crippen LogP) is 2.81. The number of para-hydroxylation sites is 1. The van der Waals surface area contributed by atoms with E-state index in [1.807, 2.05) is 54.7 Å². The second kappa shape index (κ2) is 6.76. The number of nitrogens with one attached hydrogen (secondary N) is 4. The van der Waals surface area contributed by atoms with Crippen molar-refractivity contribution in [3.63, 3.8) is 0 Å². The lowest BCUT2D eigenvalue weighted by molar-refractivity contribution is 0.0925. The van der Waals surface area contributed by atoms with Crippen molar-refractivity contribution >= 4 is 33.6 Å². The van der Waals surface area contributed by atoms with Crippen LogP contribution in [0.2, 0.25) is 0 Å². The Morgan fingerprint density at radius 3 is 2.42 bits per heavy atom. The number of rotatable bonds is 5. The molecule has 2 aromatic carbocycles. The largest absolute Gasteiger partial charge is 0.361 e. The van der Waals surface area contributed by atoms with Gasteiger partial charge in [-0.25, -0.2) is 0 Å². The number of benzene rings is 2. The smallest absolute Gasteiger partial charge is 0.267 e. The molecule has 2 amide bonds. The summed E-state index contributed by atoms with van der Waals surface area (Å²) in [5.74, 6) is -0.350. The van der Waals surface area contributed by atoms with Gasteiger partial charge in [-0.1, -0.05) is 18.2 Å². The minimum atomic E-state index is -0.191. The molecule has 6 heteroatoms. The molecule has 2 heterocycles. The van der Waals surface area contributed by atoms with Gasteiger partial charge in [-0.2, -0.15) is 0 Å². The Morgan fingerprint density at radius 1 is 0.808 bits per heavy atom. The molecule has 0 atom stereocenters. The van der Waals surface area contributed by atoms with Gasteiger partial charge < -0.3 is 20.6 Å². The maximum atomic E-state index is 12.2. The van der Waals surface area contributed by atoms with Crippen molar-refractivity contribution in [2.24, 2.45) is 0 Å². The van der Waals surface area contributed by atoms with E-state index in [4.69, 9.17) is 0 Å². The third-order valence-corrected chi connectivity index (χ3v) is 4.29. The van der Waals surface area contributed by atoms with Crippen LogP contribution in [0.4, 0.5) is 0 Å². The molecule has 0 spiro atoms. The lowest BCUT2D eigenvalue weighted by atomic mass is 10.1. The number of carbonyl (C=O) groups is 2. The lowest BCUT2D eigenvalue weighted by Crippen LogP contribution is -2.34. The van der Waals surface area contributed by atoms with Crippen molar-refractivity contribution in [3.8, 4) is 0 Å². The van der Waals surface area contributed by atoms with Gasteiger partial charge in [0.1, 0.15) is 5.69 Å². The molecule has 0 bridgehead atoms. The zero-order valence-electron chi connectivity index (χ0n) is 14.0. The van der Waals surface area contributed by atoms with E-state index in [0.29, 0.717) is 24.3 Å². The zero-order valence-corrected chi connectivity index (χ0v) is 14.0. The van der Waals surface area contributed by atoms with Crippen LogP contribution in [0.25, 0.3) is 21.8 Å². The van der Waals surface area contributed by atoms with Gasteiger partial charge in [0.25, 0.3) is 11.8 Å². The number of amides is 2. The van der Waals surface area contributed by atoms with Crippen molar-refractivity contribution in [3.05, 3.63) is 72.1 Å². The van der Waals surface area contributed by atoms with Crippen LogP contribution in [0, 0.1) is 0 Å². The van der Waals surface area contributed by atoms with Gasteiger partial charge in [0.15, 0.2) is 0 Å². The maximum Gasteiger partial charge on any atom is 0.267 e. The fourth-order valence-corrected chi connectivity index (χ4v) is 2.94. The molecule has 0 saturated carbocycles. The van der Waals surface area contributed by atoms with Gasteiger partial charge in [-0.15, -0.1) is 0 Å². The average molecular weight is 346 g/mol. The van der Waals surface area contributed by atoms with Gasteiger partial charge in [0.2, 0.25) is 0 Å². The fourth-order valence-electron chi connectivity index (χ4n) is 2.94. The highest BCUT2D eigenvalue weighted by Gasteiger charge is 2.09. The summed E-state index contributed by atoms with van der Waals surface area (Å²) in [7, 11) is 0. The molecule has 4 N–H and O–H groups in total. The number of fused-ring (bicyclic) bond motifs is 2. The molecule has 0 radical (unpaired) electrons. The van der Waals surface area contributed by atoms with Crippen LogP contribution >= 0.6 is 0 Å². The average Bonchev–Trinajstić information content (AvgIpc) is 3.30. The molecule has 0 aliphatic carbocycles. The van der Waals surface area contributed by atoms with Crippen LogP contribution in [0.15, 0.2) is 60.8 Å². The first kappa shape index (κ1) is 16.0. The Labute approximate surface area is 149 Å². The van der Waals surface area contributed by atoms with Crippen molar-refractivity contribution < 1.29 is 9.59 Å². The first-order chi connectivity index (χ1) is 12.7. The van der Waals surface area contributed by atoms with E-state index in [1.54, 1.807) is 6.07 Å². The summed E-state index contributed by atoms with van der Waals surface area (Å²) in [6, 6.07) is 16.9. The maximum absolute atomic E-state index is 12.2. The van der Waals surface area contributed by atoms with E-state index in [9.17, 15) is 9.59 Å². The minimum absolute atomic E-state index is 0.159. The third kappa shape index (κ3) is 3.17. The van der Waals surface area contributed by atoms with E-state index < -0.39 is 0 Å². The van der Waals surface area contributed by atoms with E-state index in [0.717, 1.165) is 21.8 Å². The van der Waals surface area contributed by atoms with Crippen LogP contribution in [0.5, 0.6) is 0 Å². The third-order valence-electron chi connectivity index (χ3n) is 4.29. The molecule has 130 valence electrons. The molecule has 0 saturated heterocycles. The van der Waals surface area contributed by atoms with Gasteiger partial charge >= 0.3 is 0 Å². The van der Waals surface area contributed by atoms with Gasteiger partial charge in [0, 0.05) is 46.7 Å². The van der Waals surface area contributed by atoms with Crippen LogP contribution in [0.1, 0.15) is 20.8 Å². The second-order valence-electron chi connectivity index (χ2n) is 6.06. The Kier molecular flexibility index (Phi) is 4.15. The normalized spacial score (nSPS) is 10.9. The second-order valence-corrected chi connectivity index (χ2v) is 6.06. The molecule has 26 heavy (non-hydrogen) atoms. The highest BCUT2D eigenvalue weighted by molar-refractivity contribution is 5.99. The fraction of sp³-hybridized carbons (Fsp3) is 0.100.